The zero-order chi connectivity index (χ0) is 10.8. The van der Waals surface area contributed by atoms with Crippen LogP contribution in [0.4, 0.5) is 0 Å². The molecule has 0 spiro atoms. The van der Waals surface area contributed by atoms with Gasteiger partial charge in [0.15, 0.2) is 0 Å². The molecule has 0 saturated heterocycles. The molecule has 14 heavy (non-hydrogen) atoms. The van der Waals surface area contributed by atoms with Gasteiger partial charge in [-0.1, -0.05) is 18.6 Å². The average Bonchev–Trinajstić information content (AvgIpc) is 2.14. The van der Waals surface area contributed by atoms with E-state index in [0.29, 0.717) is 6.10 Å². The monoisotopic (exact) mass is 199 g/mol. The lowest BCUT2D eigenvalue weighted by Crippen LogP contribution is -2.15. The van der Waals surface area contributed by atoms with Gasteiger partial charge >= 0.3 is 0 Å². The number of rotatable bonds is 8. The minimum absolute atomic E-state index is 0.330. The lowest BCUT2D eigenvalue weighted by Gasteiger charge is -2.07. The van der Waals surface area contributed by atoms with Crippen LogP contribution in [0.1, 0.15) is 40.5 Å². The lowest BCUT2D eigenvalue weighted by atomic mass is 10.2. The largest absolute Gasteiger partial charge is 0.374 e. The molecule has 0 atom stereocenters. The van der Waals surface area contributed by atoms with Crippen LogP contribution in [-0.2, 0) is 4.74 Å². The zero-order valence-corrected chi connectivity index (χ0v) is 10.1. The van der Waals surface area contributed by atoms with Gasteiger partial charge in [-0.2, -0.15) is 0 Å². The fourth-order valence-electron chi connectivity index (χ4n) is 1.08. The second-order valence-electron chi connectivity index (χ2n) is 3.95. The molecule has 0 heterocycles. The Bertz CT molecular complexity index is 152. The maximum atomic E-state index is 5.49. The first kappa shape index (κ1) is 13.7. The van der Waals surface area contributed by atoms with Gasteiger partial charge in [-0.25, -0.2) is 0 Å². The summed E-state index contributed by atoms with van der Waals surface area (Å²) < 4.78 is 5.49. The van der Waals surface area contributed by atoms with E-state index in [-0.39, 0.29) is 0 Å². The Labute approximate surface area is 88.7 Å². The Hall–Kier alpha value is -0.340. The van der Waals surface area contributed by atoms with Crippen LogP contribution < -0.4 is 5.32 Å². The summed E-state index contributed by atoms with van der Waals surface area (Å²) in [7, 11) is 0. The minimum Gasteiger partial charge on any atom is -0.374 e. The summed E-state index contributed by atoms with van der Waals surface area (Å²) in [5.74, 6) is 0. The van der Waals surface area contributed by atoms with Crippen molar-refractivity contribution in [2.75, 3.05) is 19.7 Å². The number of nitrogens with one attached hydrogen (secondary N) is 1. The van der Waals surface area contributed by atoms with E-state index < -0.39 is 0 Å². The Morgan fingerprint density at radius 2 is 2.07 bits per heavy atom. The number of ether oxygens (including phenoxy) is 1. The zero-order valence-electron chi connectivity index (χ0n) is 10.1. The number of hydrogen-bond donors (Lipinski definition) is 1. The molecule has 0 saturated carbocycles. The van der Waals surface area contributed by atoms with Crippen LogP contribution in [0.25, 0.3) is 0 Å². The van der Waals surface area contributed by atoms with Crippen molar-refractivity contribution in [1.82, 2.24) is 5.32 Å². The second kappa shape index (κ2) is 9.22. The number of hydrogen-bond acceptors (Lipinski definition) is 2. The van der Waals surface area contributed by atoms with Crippen molar-refractivity contribution in [3.63, 3.8) is 0 Å². The fraction of sp³-hybridized carbons (Fsp3) is 0.833. The van der Waals surface area contributed by atoms with Crippen LogP contribution in [-0.4, -0.2) is 25.8 Å². The molecule has 0 bridgehead atoms. The van der Waals surface area contributed by atoms with E-state index in [0.717, 1.165) is 26.1 Å². The molecule has 2 nitrogen and oxygen atoms in total. The summed E-state index contributed by atoms with van der Waals surface area (Å²) in [4.78, 5) is 0. The standard InChI is InChI=1S/C12H25NO/c1-5-8-13-9-6-7-12(4)10-14-11(2)3/h7,11,13H,5-6,8-10H2,1-4H3. The molecule has 0 aliphatic carbocycles. The molecule has 0 aliphatic rings. The van der Waals surface area contributed by atoms with Crippen LogP contribution >= 0.6 is 0 Å². The maximum absolute atomic E-state index is 5.49. The Morgan fingerprint density at radius 1 is 1.36 bits per heavy atom. The van der Waals surface area contributed by atoms with Crippen molar-refractivity contribution in [2.45, 2.75) is 46.6 Å². The topological polar surface area (TPSA) is 21.3 Å². The third kappa shape index (κ3) is 9.75. The molecule has 0 amide bonds. The first-order valence-corrected chi connectivity index (χ1v) is 5.64. The van der Waals surface area contributed by atoms with Crippen LogP contribution in [0.2, 0.25) is 0 Å². The molecule has 0 radical (unpaired) electrons. The predicted octanol–water partition coefficient (Wildman–Crippen LogP) is 2.75. The third-order valence-corrected chi connectivity index (χ3v) is 1.89. The highest BCUT2D eigenvalue weighted by Crippen LogP contribution is 1.98. The molecule has 1 N–H and O–H groups in total. The molecule has 0 aliphatic heterocycles. The van der Waals surface area contributed by atoms with Gasteiger partial charge in [-0.05, 0) is 46.7 Å². The van der Waals surface area contributed by atoms with Crippen molar-refractivity contribution >= 4 is 0 Å². The van der Waals surface area contributed by atoms with E-state index in [1.807, 2.05) is 0 Å². The molecule has 0 aromatic rings. The van der Waals surface area contributed by atoms with Crippen molar-refractivity contribution in [2.24, 2.45) is 0 Å². The van der Waals surface area contributed by atoms with E-state index in [1.165, 1.54) is 12.0 Å². The van der Waals surface area contributed by atoms with E-state index in [4.69, 9.17) is 4.74 Å². The van der Waals surface area contributed by atoms with Gasteiger partial charge in [0, 0.05) is 0 Å². The van der Waals surface area contributed by atoms with Gasteiger partial charge in [-0.15, -0.1) is 0 Å². The second-order valence-corrected chi connectivity index (χ2v) is 3.95. The molecule has 0 unspecified atom stereocenters. The molecule has 0 rings (SSSR count). The molecule has 2 heteroatoms. The first-order chi connectivity index (χ1) is 6.66. The van der Waals surface area contributed by atoms with Gasteiger partial charge in [0.2, 0.25) is 0 Å². The highest BCUT2D eigenvalue weighted by atomic mass is 16.5. The van der Waals surface area contributed by atoms with Gasteiger partial charge < -0.3 is 10.1 Å². The van der Waals surface area contributed by atoms with Gasteiger partial charge in [-0.3, -0.25) is 0 Å². The lowest BCUT2D eigenvalue weighted by molar-refractivity contribution is 0.0972. The first-order valence-electron chi connectivity index (χ1n) is 5.64. The van der Waals surface area contributed by atoms with E-state index in [9.17, 15) is 0 Å². The van der Waals surface area contributed by atoms with E-state index >= 15 is 0 Å². The van der Waals surface area contributed by atoms with Gasteiger partial charge in [0.05, 0.1) is 12.7 Å². The predicted molar refractivity (Wildman–Crippen MR) is 62.6 cm³/mol. The smallest absolute Gasteiger partial charge is 0.0677 e. The third-order valence-electron chi connectivity index (χ3n) is 1.89. The van der Waals surface area contributed by atoms with Crippen molar-refractivity contribution in [3.05, 3.63) is 11.6 Å². The van der Waals surface area contributed by atoms with Crippen LogP contribution in [0, 0.1) is 0 Å². The molecular formula is C12H25NO. The fourth-order valence-corrected chi connectivity index (χ4v) is 1.08. The summed E-state index contributed by atoms with van der Waals surface area (Å²) in [5.41, 5.74) is 1.33. The summed E-state index contributed by atoms with van der Waals surface area (Å²) >= 11 is 0. The summed E-state index contributed by atoms with van der Waals surface area (Å²) in [6, 6.07) is 0. The Balaban J connectivity index is 3.36. The Morgan fingerprint density at radius 3 is 2.64 bits per heavy atom. The van der Waals surface area contributed by atoms with Crippen molar-refractivity contribution in [3.8, 4) is 0 Å². The molecule has 0 aromatic carbocycles. The van der Waals surface area contributed by atoms with Crippen LogP contribution in [0.15, 0.2) is 11.6 Å². The van der Waals surface area contributed by atoms with E-state index in [1.54, 1.807) is 0 Å². The molecule has 0 fully saturated rings. The average molecular weight is 199 g/mol. The van der Waals surface area contributed by atoms with E-state index in [2.05, 4.69) is 39.1 Å². The highest BCUT2D eigenvalue weighted by molar-refractivity contribution is 4.98. The quantitative estimate of drug-likeness (QED) is 0.479. The SMILES string of the molecule is CCCNCCC=C(C)COC(C)C. The highest BCUT2D eigenvalue weighted by Gasteiger charge is 1.93. The molecule has 84 valence electrons. The Kier molecular flexibility index (Phi) is 9.00. The molecule has 0 aromatic heterocycles. The maximum Gasteiger partial charge on any atom is 0.0677 e. The van der Waals surface area contributed by atoms with Gasteiger partial charge in [0.1, 0.15) is 0 Å². The summed E-state index contributed by atoms with van der Waals surface area (Å²) in [6.07, 6.45) is 4.90. The van der Waals surface area contributed by atoms with Crippen molar-refractivity contribution < 1.29 is 4.74 Å². The summed E-state index contributed by atoms with van der Waals surface area (Å²) in [6.45, 7) is 11.4. The summed E-state index contributed by atoms with van der Waals surface area (Å²) in [5, 5.41) is 3.37. The molecular weight excluding hydrogens is 174 g/mol. The normalized spacial score (nSPS) is 12.5. The minimum atomic E-state index is 0.330. The van der Waals surface area contributed by atoms with Crippen LogP contribution in [0.5, 0.6) is 0 Å². The van der Waals surface area contributed by atoms with Crippen molar-refractivity contribution in [1.29, 1.82) is 0 Å². The van der Waals surface area contributed by atoms with Gasteiger partial charge in [0.25, 0.3) is 0 Å². The van der Waals surface area contributed by atoms with Crippen LogP contribution in [0.3, 0.4) is 0 Å².